The fraction of sp³-hybridized carbons (Fsp3) is 0.0909. The normalized spacial score (nSPS) is 10.4. The largest absolute Gasteiger partial charge is 0.122 e. The molecule has 0 aliphatic rings. The van der Waals surface area contributed by atoms with Crippen molar-refractivity contribution in [2.45, 2.75) is 0 Å². The van der Waals surface area contributed by atoms with Crippen LogP contribution < -0.4 is 0 Å². The maximum absolute atomic E-state index is 5.52. The summed E-state index contributed by atoms with van der Waals surface area (Å²) in [6, 6.07) is 8.13. The van der Waals surface area contributed by atoms with Gasteiger partial charge in [-0.05, 0) is 17.2 Å². The van der Waals surface area contributed by atoms with Crippen LogP contribution in [0.2, 0.25) is 0 Å². The van der Waals surface area contributed by atoms with Gasteiger partial charge in [-0.3, -0.25) is 0 Å². The molecule has 1 rings (SSSR count). The van der Waals surface area contributed by atoms with Gasteiger partial charge in [0.1, 0.15) is 0 Å². The highest BCUT2D eigenvalue weighted by Gasteiger charge is 1.87. The van der Waals surface area contributed by atoms with E-state index >= 15 is 0 Å². The zero-order chi connectivity index (χ0) is 8.81. The van der Waals surface area contributed by atoms with E-state index in [0.29, 0.717) is 5.88 Å². The van der Waals surface area contributed by atoms with Crippen molar-refractivity contribution in [2.75, 3.05) is 5.88 Å². The fourth-order valence-corrected chi connectivity index (χ4v) is 1.06. The molecule has 0 unspecified atom stereocenters. The summed E-state index contributed by atoms with van der Waals surface area (Å²) in [5.41, 5.74) is 2.29. The Hall–Kier alpha value is -1.01. The number of alkyl halides is 1. The minimum absolute atomic E-state index is 0.554. The molecule has 0 atom stereocenters. The summed E-state index contributed by atoms with van der Waals surface area (Å²) in [6.45, 7) is 3.70. The fourth-order valence-electron chi connectivity index (χ4n) is 0.970. The first-order valence-electron chi connectivity index (χ1n) is 3.82. The van der Waals surface area contributed by atoms with Gasteiger partial charge in [0.25, 0.3) is 0 Å². The second-order valence-electron chi connectivity index (χ2n) is 2.43. The summed E-state index contributed by atoms with van der Waals surface area (Å²) in [6.07, 6.45) is 5.75. The average Bonchev–Trinajstić information content (AvgIpc) is 2.15. The molecule has 0 saturated carbocycles. The molecular weight excluding hydrogens is 168 g/mol. The van der Waals surface area contributed by atoms with E-state index in [1.54, 1.807) is 0 Å². The third kappa shape index (κ3) is 2.55. The summed E-state index contributed by atoms with van der Waals surface area (Å²) in [7, 11) is 0. The van der Waals surface area contributed by atoms with Crippen LogP contribution in [-0.2, 0) is 0 Å². The Balaban J connectivity index is 2.86. The van der Waals surface area contributed by atoms with Gasteiger partial charge >= 0.3 is 0 Å². The smallest absolute Gasteiger partial charge is 0.0407 e. The monoisotopic (exact) mass is 178 g/mol. The van der Waals surface area contributed by atoms with Gasteiger partial charge in [-0.1, -0.05) is 43.0 Å². The summed E-state index contributed by atoms with van der Waals surface area (Å²) in [5, 5.41) is 0. The van der Waals surface area contributed by atoms with Crippen molar-refractivity contribution >= 4 is 23.8 Å². The molecule has 0 radical (unpaired) electrons. The Bertz CT molecular complexity index is 287. The minimum Gasteiger partial charge on any atom is -0.122 e. The lowest BCUT2D eigenvalue weighted by molar-refractivity contribution is 1.61. The van der Waals surface area contributed by atoms with E-state index in [1.165, 1.54) is 0 Å². The van der Waals surface area contributed by atoms with Crippen LogP contribution in [0.5, 0.6) is 0 Å². The number of hydrogen-bond acceptors (Lipinski definition) is 0. The lowest BCUT2D eigenvalue weighted by Gasteiger charge is -1.94. The molecule has 0 saturated heterocycles. The molecular formula is C11H11Cl. The number of hydrogen-bond donors (Lipinski definition) is 0. The van der Waals surface area contributed by atoms with Crippen molar-refractivity contribution < 1.29 is 0 Å². The Kier molecular flexibility index (Phi) is 3.62. The molecule has 0 nitrogen and oxygen atoms in total. The molecule has 0 heterocycles. The Morgan fingerprint density at radius 3 is 2.75 bits per heavy atom. The van der Waals surface area contributed by atoms with Crippen LogP contribution in [0.15, 0.2) is 36.9 Å². The molecule has 1 aromatic carbocycles. The highest BCUT2D eigenvalue weighted by atomic mass is 35.5. The first kappa shape index (κ1) is 9.08. The predicted molar refractivity (Wildman–Crippen MR) is 56.3 cm³/mol. The molecule has 0 N–H and O–H groups in total. The predicted octanol–water partition coefficient (Wildman–Crippen LogP) is 3.58. The van der Waals surface area contributed by atoms with Gasteiger partial charge in [0, 0.05) is 5.88 Å². The molecule has 62 valence electrons. The van der Waals surface area contributed by atoms with Gasteiger partial charge in [0.2, 0.25) is 0 Å². The summed E-state index contributed by atoms with van der Waals surface area (Å²) >= 11 is 5.52. The lowest BCUT2D eigenvalue weighted by Crippen LogP contribution is -1.74. The van der Waals surface area contributed by atoms with Crippen LogP contribution in [-0.4, -0.2) is 5.88 Å². The number of rotatable bonds is 3. The van der Waals surface area contributed by atoms with E-state index in [1.807, 2.05) is 36.4 Å². The van der Waals surface area contributed by atoms with Gasteiger partial charge in [-0.2, -0.15) is 0 Å². The van der Waals surface area contributed by atoms with E-state index in [2.05, 4.69) is 12.6 Å². The quantitative estimate of drug-likeness (QED) is 0.621. The second kappa shape index (κ2) is 4.78. The molecule has 1 heteroatoms. The van der Waals surface area contributed by atoms with Crippen LogP contribution in [0.4, 0.5) is 0 Å². The number of benzene rings is 1. The highest BCUT2D eigenvalue weighted by Crippen LogP contribution is 2.07. The topological polar surface area (TPSA) is 0 Å². The Morgan fingerprint density at radius 2 is 2.08 bits per heavy atom. The van der Waals surface area contributed by atoms with Gasteiger partial charge in [0.05, 0.1) is 0 Å². The van der Waals surface area contributed by atoms with E-state index in [-0.39, 0.29) is 0 Å². The maximum atomic E-state index is 5.52. The molecule has 0 fully saturated rings. The third-order valence-corrected chi connectivity index (χ3v) is 1.72. The zero-order valence-electron chi connectivity index (χ0n) is 6.83. The van der Waals surface area contributed by atoms with Crippen LogP contribution in [0.1, 0.15) is 11.1 Å². The van der Waals surface area contributed by atoms with Crippen molar-refractivity contribution in [3.63, 3.8) is 0 Å². The highest BCUT2D eigenvalue weighted by molar-refractivity contribution is 6.19. The van der Waals surface area contributed by atoms with Crippen LogP contribution in [0.25, 0.3) is 12.2 Å². The molecule has 0 aliphatic heterocycles. The molecule has 0 aliphatic carbocycles. The van der Waals surface area contributed by atoms with Gasteiger partial charge in [0.15, 0.2) is 0 Å². The Morgan fingerprint density at radius 1 is 1.33 bits per heavy atom. The summed E-state index contributed by atoms with van der Waals surface area (Å²) in [4.78, 5) is 0. The molecule has 0 bridgehead atoms. The van der Waals surface area contributed by atoms with Crippen molar-refractivity contribution in [2.24, 2.45) is 0 Å². The number of halogens is 1. The van der Waals surface area contributed by atoms with Crippen LogP contribution in [0, 0.1) is 0 Å². The van der Waals surface area contributed by atoms with Crippen molar-refractivity contribution in [1.29, 1.82) is 0 Å². The standard InChI is InChI=1S/C11H11Cl/c1-2-10-5-3-6-11(9-10)7-4-8-12/h2-7,9H,1,8H2. The van der Waals surface area contributed by atoms with Gasteiger partial charge in [-0.25, -0.2) is 0 Å². The molecule has 0 spiro atoms. The third-order valence-electron chi connectivity index (χ3n) is 1.55. The van der Waals surface area contributed by atoms with Crippen LogP contribution in [0.3, 0.4) is 0 Å². The zero-order valence-corrected chi connectivity index (χ0v) is 7.59. The van der Waals surface area contributed by atoms with Crippen LogP contribution >= 0.6 is 11.6 Å². The van der Waals surface area contributed by atoms with E-state index in [0.717, 1.165) is 11.1 Å². The number of allylic oxidation sites excluding steroid dienone is 1. The van der Waals surface area contributed by atoms with E-state index < -0.39 is 0 Å². The van der Waals surface area contributed by atoms with E-state index in [4.69, 9.17) is 11.6 Å². The van der Waals surface area contributed by atoms with Gasteiger partial charge in [-0.15, -0.1) is 11.6 Å². The summed E-state index contributed by atoms with van der Waals surface area (Å²) < 4.78 is 0. The van der Waals surface area contributed by atoms with Crippen molar-refractivity contribution in [1.82, 2.24) is 0 Å². The van der Waals surface area contributed by atoms with Crippen molar-refractivity contribution in [3.05, 3.63) is 48.0 Å². The minimum atomic E-state index is 0.554. The second-order valence-corrected chi connectivity index (χ2v) is 2.74. The van der Waals surface area contributed by atoms with E-state index in [9.17, 15) is 0 Å². The molecule has 1 aromatic rings. The molecule has 0 aromatic heterocycles. The van der Waals surface area contributed by atoms with Crippen molar-refractivity contribution in [3.8, 4) is 0 Å². The molecule has 12 heavy (non-hydrogen) atoms. The first-order chi connectivity index (χ1) is 5.86. The first-order valence-corrected chi connectivity index (χ1v) is 4.35. The lowest BCUT2D eigenvalue weighted by atomic mass is 10.1. The summed E-state index contributed by atoms with van der Waals surface area (Å²) in [5.74, 6) is 0.554. The van der Waals surface area contributed by atoms with Gasteiger partial charge < -0.3 is 0 Å². The SMILES string of the molecule is C=Cc1cccc(C=CCCl)c1. The Labute approximate surface area is 78.2 Å². The maximum Gasteiger partial charge on any atom is 0.0407 e. The molecule has 0 amide bonds. The average molecular weight is 179 g/mol.